The van der Waals surface area contributed by atoms with E-state index in [1.807, 2.05) is 49.1 Å². The second-order valence-corrected chi connectivity index (χ2v) is 6.44. The highest BCUT2D eigenvalue weighted by atomic mass is 16.2. The van der Waals surface area contributed by atoms with Crippen molar-refractivity contribution in [3.05, 3.63) is 35.9 Å². The van der Waals surface area contributed by atoms with Crippen LogP contribution in [0.3, 0.4) is 0 Å². The fraction of sp³-hybridized carbons (Fsp3) is 0.562. The van der Waals surface area contributed by atoms with Gasteiger partial charge in [0, 0.05) is 25.2 Å². The van der Waals surface area contributed by atoms with Crippen LogP contribution in [0.4, 0.5) is 0 Å². The fourth-order valence-corrected chi connectivity index (χ4v) is 2.68. The topological polar surface area (TPSA) is 32.3 Å². The molecule has 1 amide bonds. The second-order valence-electron chi connectivity index (χ2n) is 6.44. The van der Waals surface area contributed by atoms with Gasteiger partial charge in [0.2, 0.25) is 5.91 Å². The number of amides is 1. The largest absolute Gasteiger partial charge is 0.334 e. The summed E-state index contributed by atoms with van der Waals surface area (Å²) in [5.74, 6) is 0.213. The first-order chi connectivity index (χ1) is 8.86. The van der Waals surface area contributed by atoms with Crippen LogP contribution in [0.1, 0.15) is 33.3 Å². The van der Waals surface area contributed by atoms with E-state index in [0.717, 1.165) is 25.2 Å². The molecule has 3 nitrogen and oxygen atoms in total. The highest BCUT2D eigenvalue weighted by Gasteiger charge is 2.40. The zero-order chi connectivity index (χ0) is 14.1. The van der Waals surface area contributed by atoms with Crippen molar-refractivity contribution in [2.75, 3.05) is 19.6 Å². The van der Waals surface area contributed by atoms with Crippen molar-refractivity contribution in [3.63, 3.8) is 0 Å². The van der Waals surface area contributed by atoms with Crippen LogP contribution >= 0.6 is 0 Å². The summed E-state index contributed by atoms with van der Waals surface area (Å²) in [7, 11) is 0. The van der Waals surface area contributed by atoms with Crippen LogP contribution in [0.15, 0.2) is 30.3 Å². The third-order valence-electron chi connectivity index (χ3n) is 4.08. The molecule has 1 aromatic rings. The van der Waals surface area contributed by atoms with Crippen molar-refractivity contribution in [2.45, 2.75) is 38.6 Å². The Morgan fingerprint density at radius 2 is 1.89 bits per heavy atom. The number of benzene rings is 1. The maximum atomic E-state index is 12.9. The van der Waals surface area contributed by atoms with E-state index < -0.39 is 5.41 Å². The first-order valence-corrected chi connectivity index (χ1v) is 6.94. The number of hydrogen-bond acceptors (Lipinski definition) is 2. The predicted molar refractivity (Wildman–Crippen MR) is 78.1 cm³/mol. The Labute approximate surface area is 116 Å². The molecule has 0 spiro atoms. The van der Waals surface area contributed by atoms with Crippen LogP contribution in [0.5, 0.6) is 0 Å². The SMILES string of the molecule is CC(C)(C(=O)N1CCNCC1(C)C)c1ccccc1. The van der Waals surface area contributed by atoms with Crippen molar-refractivity contribution in [2.24, 2.45) is 0 Å². The maximum absolute atomic E-state index is 12.9. The van der Waals surface area contributed by atoms with E-state index in [0.29, 0.717) is 0 Å². The molecule has 3 heteroatoms. The number of carbonyl (C=O) groups excluding carboxylic acids is 1. The summed E-state index contributed by atoms with van der Waals surface area (Å²) in [4.78, 5) is 15.0. The van der Waals surface area contributed by atoms with E-state index in [1.54, 1.807) is 0 Å². The normalized spacial score (nSPS) is 19.3. The summed E-state index contributed by atoms with van der Waals surface area (Å²) < 4.78 is 0. The lowest BCUT2D eigenvalue weighted by molar-refractivity contribution is -0.143. The van der Waals surface area contributed by atoms with Crippen LogP contribution in [-0.4, -0.2) is 36.0 Å². The van der Waals surface area contributed by atoms with Crippen molar-refractivity contribution >= 4 is 5.91 Å². The van der Waals surface area contributed by atoms with E-state index in [1.165, 1.54) is 0 Å². The van der Waals surface area contributed by atoms with E-state index in [4.69, 9.17) is 0 Å². The number of nitrogens with zero attached hydrogens (tertiary/aromatic N) is 1. The lowest BCUT2D eigenvalue weighted by Gasteiger charge is -2.46. The van der Waals surface area contributed by atoms with Gasteiger partial charge in [-0.15, -0.1) is 0 Å². The first kappa shape index (κ1) is 14.1. The molecular weight excluding hydrogens is 236 g/mol. The highest BCUT2D eigenvalue weighted by molar-refractivity contribution is 5.88. The van der Waals surface area contributed by atoms with E-state index >= 15 is 0 Å². The summed E-state index contributed by atoms with van der Waals surface area (Å²) in [5, 5.41) is 3.36. The minimum Gasteiger partial charge on any atom is -0.334 e. The fourth-order valence-electron chi connectivity index (χ4n) is 2.68. The van der Waals surface area contributed by atoms with Gasteiger partial charge in [0.15, 0.2) is 0 Å². The molecule has 19 heavy (non-hydrogen) atoms. The third kappa shape index (κ3) is 2.66. The first-order valence-electron chi connectivity index (χ1n) is 6.94. The molecule has 1 fully saturated rings. The Morgan fingerprint density at radius 1 is 1.26 bits per heavy atom. The van der Waals surface area contributed by atoms with Crippen LogP contribution < -0.4 is 5.32 Å². The Bertz CT molecular complexity index is 451. The van der Waals surface area contributed by atoms with Crippen molar-refractivity contribution < 1.29 is 4.79 Å². The van der Waals surface area contributed by atoms with E-state index in [2.05, 4.69) is 19.2 Å². The van der Waals surface area contributed by atoms with Crippen LogP contribution in [0.25, 0.3) is 0 Å². The smallest absolute Gasteiger partial charge is 0.233 e. The molecule has 1 aliphatic heterocycles. The van der Waals surface area contributed by atoms with Gasteiger partial charge in [0.05, 0.1) is 5.41 Å². The minimum absolute atomic E-state index is 0.124. The highest BCUT2D eigenvalue weighted by Crippen LogP contribution is 2.29. The molecule has 0 radical (unpaired) electrons. The van der Waals surface area contributed by atoms with Crippen LogP contribution in [0.2, 0.25) is 0 Å². The van der Waals surface area contributed by atoms with Crippen molar-refractivity contribution in [1.82, 2.24) is 10.2 Å². The average molecular weight is 260 g/mol. The molecule has 1 aliphatic rings. The Balaban J connectivity index is 2.28. The molecule has 2 rings (SSSR count). The summed E-state index contributed by atoms with van der Waals surface area (Å²) in [5.41, 5.74) is 0.478. The lowest BCUT2D eigenvalue weighted by atomic mass is 9.81. The molecule has 0 aliphatic carbocycles. The number of piperazine rings is 1. The average Bonchev–Trinajstić information content (AvgIpc) is 2.38. The second kappa shape index (κ2) is 4.97. The number of nitrogens with one attached hydrogen (secondary N) is 1. The summed E-state index contributed by atoms with van der Waals surface area (Å²) >= 11 is 0. The van der Waals surface area contributed by atoms with Crippen LogP contribution in [0, 0.1) is 0 Å². The molecule has 0 atom stereocenters. The third-order valence-corrected chi connectivity index (χ3v) is 4.08. The molecule has 104 valence electrons. The summed E-state index contributed by atoms with van der Waals surface area (Å²) in [6.45, 7) is 10.8. The quantitative estimate of drug-likeness (QED) is 0.884. The molecule has 0 saturated carbocycles. The van der Waals surface area contributed by atoms with E-state index in [-0.39, 0.29) is 11.4 Å². The van der Waals surface area contributed by atoms with Crippen molar-refractivity contribution in [3.8, 4) is 0 Å². The van der Waals surface area contributed by atoms with Gasteiger partial charge in [-0.1, -0.05) is 30.3 Å². The zero-order valence-electron chi connectivity index (χ0n) is 12.4. The monoisotopic (exact) mass is 260 g/mol. The predicted octanol–water partition coefficient (Wildman–Crippen LogP) is 2.17. The molecule has 0 unspecified atom stereocenters. The molecule has 0 bridgehead atoms. The van der Waals surface area contributed by atoms with Gasteiger partial charge in [0.1, 0.15) is 0 Å². The number of carbonyl (C=O) groups is 1. The van der Waals surface area contributed by atoms with Gasteiger partial charge >= 0.3 is 0 Å². The minimum atomic E-state index is -0.476. The maximum Gasteiger partial charge on any atom is 0.233 e. The molecular formula is C16H24N2O. The van der Waals surface area contributed by atoms with Crippen molar-refractivity contribution in [1.29, 1.82) is 0 Å². The lowest BCUT2D eigenvalue weighted by Crippen LogP contribution is -2.62. The standard InChI is InChI=1S/C16H24N2O/c1-15(2)12-17-10-11-18(15)14(19)16(3,4)13-8-6-5-7-9-13/h5-9,17H,10-12H2,1-4H3. The van der Waals surface area contributed by atoms with Gasteiger partial charge in [-0.25, -0.2) is 0 Å². The van der Waals surface area contributed by atoms with Gasteiger partial charge in [-0.3, -0.25) is 4.79 Å². The Morgan fingerprint density at radius 3 is 2.47 bits per heavy atom. The van der Waals surface area contributed by atoms with E-state index in [9.17, 15) is 4.79 Å². The Kier molecular flexibility index (Phi) is 3.68. The number of rotatable bonds is 2. The molecule has 1 N–H and O–H groups in total. The van der Waals surface area contributed by atoms with Crippen LogP contribution in [-0.2, 0) is 10.2 Å². The van der Waals surface area contributed by atoms with Gasteiger partial charge in [-0.05, 0) is 33.3 Å². The van der Waals surface area contributed by atoms with Gasteiger partial charge < -0.3 is 10.2 Å². The zero-order valence-corrected chi connectivity index (χ0v) is 12.4. The van der Waals surface area contributed by atoms with Gasteiger partial charge in [-0.2, -0.15) is 0 Å². The molecule has 1 heterocycles. The number of hydrogen-bond donors (Lipinski definition) is 1. The Hall–Kier alpha value is -1.35. The van der Waals surface area contributed by atoms with Gasteiger partial charge in [0.25, 0.3) is 0 Å². The summed E-state index contributed by atoms with van der Waals surface area (Å²) in [6.07, 6.45) is 0. The molecule has 0 aromatic heterocycles. The summed E-state index contributed by atoms with van der Waals surface area (Å²) in [6, 6.07) is 10.0. The molecule has 1 aromatic carbocycles. The molecule has 1 saturated heterocycles.